The van der Waals surface area contributed by atoms with Gasteiger partial charge in [-0.1, -0.05) is 0 Å². The van der Waals surface area contributed by atoms with Crippen molar-refractivity contribution in [2.45, 2.75) is 63.3 Å². The summed E-state index contributed by atoms with van der Waals surface area (Å²) in [4.78, 5) is 15.1. The molecule has 2 aromatic rings. The predicted octanol–water partition coefficient (Wildman–Crippen LogP) is 3.41. The van der Waals surface area contributed by atoms with Crippen molar-refractivity contribution in [1.29, 1.82) is 0 Å². The van der Waals surface area contributed by atoms with Crippen LogP contribution < -0.4 is 4.90 Å². The van der Waals surface area contributed by atoms with E-state index in [0.29, 0.717) is 5.92 Å². The normalized spacial score (nSPS) is 24.4. The molecule has 0 spiro atoms. The van der Waals surface area contributed by atoms with Crippen LogP contribution in [0.1, 0.15) is 60.7 Å². The highest BCUT2D eigenvalue weighted by atomic mass is 32.1. The molecule has 1 N–H and O–H groups in total. The number of aromatic nitrogens is 2. The van der Waals surface area contributed by atoms with Crippen LogP contribution in [0.4, 0.5) is 5.82 Å². The molecule has 5 rings (SSSR count). The van der Waals surface area contributed by atoms with Crippen molar-refractivity contribution in [2.75, 3.05) is 18.1 Å². The lowest BCUT2D eigenvalue weighted by molar-refractivity contribution is 0.266. The third-order valence-electron chi connectivity index (χ3n) is 5.62. The Morgan fingerprint density at radius 1 is 1.09 bits per heavy atom. The number of aliphatic hydroxyl groups is 1. The predicted molar refractivity (Wildman–Crippen MR) is 93.5 cm³/mol. The Hall–Kier alpha value is -1.20. The molecule has 0 amide bonds. The summed E-state index contributed by atoms with van der Waals surface area (Å²) in [7, 11) is 0. The van der Waals surface area contributed by atoms with Crippen LogP contribution in [-0.2, 0) is 12.8 Å². The molecule has 23 heavy (non-hydrogen) atoms. The van der Waals surface area contributed by atoms with Gasteiger partial charge in [0.25, 0.3) is 0 Å². The molecule has 2 aromatic heterocycles. The number of aryl methyl sites for hydroxylation is 2. The first kappa shape index (κ1) is 14.2. The van der Waals surface area contributed by atoms with Gasteiger partial charge in [0.2, 0.25) is 0 Å². The third-order valence-corrected chi connectivity index (χ3v) is 6.80. The number of nitrogens with zero attached hydrogens (tertiary/aromatic N) is 3. The zero-order valence-electron chi connectivity index (χ0n) is 13.4. The second-order valence-electron chi connectivity index (χ2n) is 7.24. The van der Waals surface area contributed by atoms with E-state index in [1.165, 1.54) is 59.2 Å². The highest BCUT2D eigenvalue weighted by molar-refractivity contribution is 7.19. The largest absolute Gasteiger partial charge is 0.394 e. The third kappa shape index (κ3) is 2.28. The van der Waals surface area contributed by atoms with Gasteiger partial charge in [0.05, 0.1) is 18.0 Å². The van der Waals surface area contributed by atoms with Gasteiger partial charge in [-0.25, -0.2) is 9.97 Å². The summed E-state index contributed by atoms with van der Waals surface area (Å²) in [5.74, 6) is 2.76. The lowest BCUT2D eigenvalue weighted by Gasteiger charge is -2.26. The molecule has 2 fully saturated rings. The minimum Gasteiger partial charge on any atom is -0.394 e. The number of rotatable bonds is 3. The first-order valence-electron chi connectivity index (χ1n) is 9.05. The van der Waals surface area contributed by atoms with E-state index in [9.17, 15) is 5.11 Å². The maximum Gasteiger partial charge on any atom is 0.141 e. The van der Waals surface area contributed by atoms with Gasteiger partial charge in [-0.05, 0) is 56.9 Å². The number of anilines is 1. The van der Waals surface area contributed by atoms with Crippen LogP contribution in [0.5, 0.6) is 0 Å². The highest BCUT2D eigenvalue weighted by Gasteiger charge is 2.33. The first-order chi connectivity index (χ1) is 11.3. The molecule has 1 aliphatic heterocycles. The Kier molecular flexibility index (Phi) is 3.34. The number of hydrogen-bond acceptors (Lipinski definition) is 5. The van der Waals surface area contributed by atoms with Crippen LogP contribution in [0, 0.1) is 0 Å². The van der Waals surface area contributed by atoms with Crippen molar-refractivity contribution in [3.63, 3.8) is 0 Å². The van der Waals surface area contributed by atoms with Crippen molar-refractivity contribution < 1.29 is 5.11 Å². The Morgan fingerprint density at radius 2 is 1.96 bits per heavy atom. The minimum absolute atomic E-state index is 0.233. The van der Waals surface area contributed by atoms with E-state index in [0.717, 1.165) is 31.0 Å². The molecule has 5 heteroatoms. The zero-order chi connectivity index (χ0) is 15.4. The van der Waals surface area contributed by atoms with Gasteiger partial charge in [0.15, 0.2) is 0 Å². The molecule has 122 valence electrons. The fraction of sp³-hybridized carbons (Fsp3) is 0.667. The number of fused-ring (bicyclic) bond motifs is 3. The topological polar surface area (TPSA) is 49.2 Å². The minimum atomic E-state index is 0.233. The average Bonchev–Trinajstić information content (AvgIpc) is 3.20. The van der Waals surface area contributed by atoms with E-state index in [2.05, 4.69) is 4.90 Å². The van der Waals surface area contributed by atoms with E-state index in [1.807, 2.05) is 11.3 Å². The summed E-state index contributed by atoms with van der Waals surface area (Å²) >= 11 is 1.90. The maximum atomic E-state index is 9.77. The summed E-state index contributed by atoms with van der Waals surface area (Å²) in [6.45, 7) is 1.25. The molecular formula is C18H23N3OS. The summed E-state index contributed by atoms with van der Waals surface area (Å²) < 4.78 is 0. The molecule has 4 nitrogen and oxygen atoms in total. The van der Waals surface area contributed by atoms with E-state index in [4.69, 9.17) is 9.97 Å². The van der Waals surface area contributed by atoms with E-state index < -0.39 is 0 Å². The fourth-order valence-corrected chi connectivity index (χ4v) is 5.45. The second kappa shape index (κ2) is 5.42. The zero-order valence-corrected chi connectivity index (χ0v) is 14.2. The van der Waals surface area contributed by atoms with Gasteiger partial charge in [0, 0.05) is 17.3 Å². The van der Waals surface area contributed by atoms with Crippen LogP contribution in [0.25, 0.3) is 10.2 Å². The SMILES string of the molecule is OC[C@H]1CCCN1c1nc(C2CC2)nc2sc3c(c12)CCCC3. The Bertz CT molecular complexity index is 752. The van der Waals surface area contributed by atoms with Gasteiger partial charge < -0.3 is 10.0 Å². The molecule has 1 atom stereocenters. The number of aliphatic hydroxyl groups excluding tert-OH is 1. The number of hydrogen-bond donors (Lipinski definition) is 1. The monoisotopic (exact) mass is 329 g/mol. The van der Waals surface area contributed by atoms with Crippen molar-refractivity contribution in [2.24, 2.45) is 0 Å². The number of thiophene rings is 1. The Labute approximate surface area is 140 Å². The summed E-state index contributed by atoms with van der Waals surface area (Å²) in [5, 5.41) is 11.1. The molecule has 1 saturated heterocycles. The first-order valence-corrected chi connectivity index (χ1v) is 9.86. The maximum absolute atomic E-state index is 9.77. The van der Waals surface area contributed by atoms with E-state index in [1.54, 1.807) is 0 Å². The van der Waals surface area contributed by atoms with Crippen LogP contribution in [0.2, 0.25) is 0 Å². The fourth-order valence-electron chi connectivity index (χ4n) is 4.19. The summed E-state index contributed by atoms with van der Waals surface area (Å²) in [6.07, 6.45) is 9.67. The summed E-state index contributed by atoms with van der Waals surface area (Å²) in [6, 6.07) is 0.235. The van der Waals surface area contributed by atoms with Gasteiger partial charge in [-0.15, -0.1) is 11.3 Å². The van der Waals surface area contributed by atoms with Crippen molar-refractivity contribution >= 4 is 27.4 Å². The second-order valence-corrected chi connectivity index (χ2v) is 8.33. The molecule has 0 radical (unpaired) electrons. The molecular weight excluding hydrogens is 306 g/mol. The van der Waals surface area contributed by atoms with Crippen molar-refractivity contribution in [3.05, 3.63) is 16.3 Å². The van der Waals surface area contributed by atoms with E-state index >= 15 is 0 Å². The molecule has 2 aliphatic carbocycles. The van der Waals surface area contributed by atoms with Crippen LogP contribution >= 0.6 is 11.3 Å². The lowest BCUT2D eigenvalue weighted by atomic mass is 9.97. The van der Waals surface area contributed by atoms with Crippen molar-refractivity contribution in [1.82, 2.24) is 9.97 Å². The molecule has 0 unspecified atom stereocenters. The Morgan fingerprint density at radius 3 is 2.78 bits per heavy atom. The van der Waals surface area contributed by atoms with Crippen molar-refractivity contribution in [3.8, 4) is 0 Å². The molecule has 0 bridgehead atoms. The molecule has 3 heterocycles. The smallest absolute Gasteiger partial charge is 0.141 e. The quantitative estimate of drug-likeness (QED) is 0.937. The van der Waals surface area contributed by atoms with Gasteiger partial charge >= 0.3 is 0 Å². The average molecular weight is 329 g/mol. The van der Waals surface area contributed by atoms with Crippen LogP contribution in [0.15, 0.2) is 0 Å². The van der Waals surface area contributed by atoms with Crippen LogP contribution in [-0.4, -0.2) is 34.3 Å². The molecule has 1 saturated carbocycles. The van der Waals surface area contributed by atoms with E-state index in [-0.39, 0.29) is 12.6 Å². The van der Waals surface area contributed by atoms with Gasteiger partial charge in [0.1, 0.15) is 16.5 Å². The van der Waals surface area contributed by atoms with Gasteiger partial charge in [-0.3, -0.25) is 0 Å². The lowest BCUT2D eigenvalue weighted by Crippen LogP contribution is -2.33. The van der Waals surface area contributed by atoms with Crippen LogP contribution in [0.3, 0.4) is 0 Å². The van der Waals surface area contributed by atoms with Gasteiger partial charge in [-0.2, -0.15) is 0 Å². The molecule has 3 aliphatic rings. The Balaban J connectivity index is 1.72. The summed E-state index contributed by atoms with van der Waals surface area (Å²) in [5.41, 5.74) is 1.51. The highest BCUT2D eigenvalue weighted by Crippen LogP contribution is 2.45. The standard InChI is InChI=1S/C18H23N3OS/c22-10-12-4-3-9-21(12)17-15-13-5-1-2-6-14(13)23-18(15)20-16(19-17)11-7-8-11/h11-12,22H,1-10H2/t12-/m1/s1. The molecule has 0 aromatic carbocycles.